The molecule has 0 spiro atoms. The summed E-state index contributed by atoms with van der Waals surface area (Å²) in [5.41, 5.74) is 1.28. The predicted octanol–water partition coefficient (Wildman–Crippen LogP) is 1.86. The van der Waals surface area contributed by atoms with Crippen LogP contribution in [0.1, 0.15) is 18.9 Å². The summed E-state index contributed by atoms with van der Waals surface area (Å²) in [7, 11) is 0. The van der Waals surface area contributed by atoms with Crippen LogP contribution in [0.5, 0.6) is 0 Å². The smallest absolute Gasteiger partial charge is 0.181 e. The summed E-state index contributed by atoms with van der Waals surface area (Å²) in [6, 6.07) is 10.5. The van der Waals surface area contributed by atoms with Crippen LogP contribution in [0.25, 0.3) is 0 Å². The van der Waals surface area contributed by atoms with Gasteiger partial charge in [0.25, 0.3) is 0 Å². The third-order valence-electron chi connectivity index (χ3n) is 6.43. The minimum Gasteiger partial charge on any atom is -0.331 e. The van der Waals surface area contributed by atoms with E-state index in [4.69, 9.17) is 14.2 Å². The fraction of sp³-hybridized carbons (Fsp3) is 0.647. The Hall–Kier alpha value is -0.940. The molecule has 5 fully saturated rings. The summed E-state index contributed by atoms with van der Waals surface area (Å²) in [5, 5.41) is 3.57. The minimum absolute atomic E-state index is 0.106. The molecule has 5 aliphatic rings. The molecule has 0 radical (unpaired) electrons. The summed E-state index contributed by atoms with van der Waals surface area (Å²) in [6.45, 7) is 2.11. The summed E-state index contributed by atoms with van der Waals surface area (Å²) in [5.74, 6) is 1.17. The van der Waals surface area contributed by atoms with Crippen LogP contribution < -0.4 is 5.32 Å². The van der Waals surface area contributed by atoms with Crippen molar-refractivity contribution in [1.82, 2.24) is 5.32 Å². The molecule has 1 aromatic rings. The molecule has 110 valence electrons. The van der Waals surface area contributed by atoms with Crippen molar-refractivity contribution in [2.75, 3.05) is 0 Å². The van der Waals surface area contributed by atoms with Gasteiger partial charge >= 0.3 is 0 Å². The van der Waals surface area contributed by atoms with Crippen molar-refractivity contribution in [2.45, 2.75) is 43.8 Å². The first-order valence-electron chi connectivity index (χ1n) is 8.04. The van der Waals surface area contributed by atoms with Crippen molar-refractivity contribution in [1.29, 1.82) is 0 Å². The lowest BCUT2D eigenvalue weighted by atomic mass is 9.81. The van der Waals surface area contributed by atoms with E-state index in [1.54, 1.807) is 0 Å². The van der Waals surface area contributed by atoms with E-state index in [2.05, 4.69) is 42.6 Å². The van der Waals surface area contributed by atoms with Crippen molar-refractivity contribution >= 4 is 0 Å². The van der Waals surface area contributed by atoms with Crippen LogP contribution in [-0.2, 0) is 20.6 Å². The molecular weight excluding hydrogens is 266 g/mol. The summed E-state index contributed by atoms with van der Waals surface area (Å²) < 4.78 is 19.2. The van der Waals surface area contributed by atoms with Gasteiger partial charge in [-0.05, 0) is 18.9 Å². The summed E-state index contributed by atoms with van der Waals surface area (Å²) in [6.07, 6.45) is 2.28. The molecule has 2 bridgehead atoms. The van der Waals surface area contributed by atoms with Crippen LogP contribution in [-0.4, -0.2) is 24.0 Å². The number of rotatable bonds is 2. The highest BCUT2D eigenvalue weighted by Crippen LogP contribution is 2.71. The fourth-order valence-corrected chi connectivity index (χ4v) is 5.96. The van der Waals surface area contributed by atoms with Gasteiger partial charge in [-0.3, -0.25) is 5.32 Å². The van der Waals surface area contributed by atoms with Crippen LogP contribution >= 0.6 is 0 Å². The van der Waals surface area contributed by atoms with E-state index in [1.807, 2.05) is 0 Å². The van der Waals surface area contributed by atoms with Gasteiger partial charge < -0.3 is 14.2 Å². The third kappa shape index (κ3) is 1.20. The molecule has 8 atom stereocenters. The van der Waals surface area contributed by atoms with Gasteiger partial charge in [0, 0.05) is 30.1 Å². The van der Waals surface area contributed by atoms with Crippen LogP contribution in [0.2, 0.25) is 0 Å². The predicted molar refractivity (Wildman–Crippen MR) is 73.8 cm³/mol. The van der Waals surface area contributed by atoms with Crippen molar-refractivity contribution in [2.24, 2.45) is 23.7 Å². The molecule has 8 unspecified atom stereocenters. The van der Waals surface area contributed by atoms with Crippen LogP contribution in [0.3, 0.4) is 0 Å². The Morgan fingerprint density at radius 1 is 1.10 bits per heavy atom. The van der Waals surface area contributed by atoms with E-state index >= 15 is 0 Å². The monoisotopic (exact) mass is 285 g/mol. The van der Waals surface area contributed by atoms with Crippen molar-refractivity contribution in [3.05, 3.63) is 35.9 Å². The van der Waals surface area contributed by atoms with Crippen molar-refractivity contribution < 1.29 is 14.2 Å². The lowest BCUT2D eigenvalue weighted by Gasteiger charge is -2.38. The molecule has 21 heavy (non-hydrogen) atoms. The lowest BCUT2D eigenvalue weighted by molar-refractivity contribution is -0.342. The van der Waals surface area contributed by atoms with E-state index in [0.29, 0.717) is 23.7 Å². The SMILES string of the molecule is CC12OC3NC4OC(Cc5ccccc5)(O1)C1C4CC3C12. The Morgan fingerprint density at radius 3 is 2.71 bits per heavy atom. The topological polar surface area (TPSA) is 39.7 Å². The van der Waals surface area contributed by atoms with Crippen molar-refractivity contribution in [3.63, 3.8) is 0 Å². The summed E-state index contributed by atoms with van der Waals surface area (Å²) >= 11 is 0. The number of piperidine rings is 1. The average Bonchev–Trinajstić information content (AvgIpc) is 3.08. The molecular formula is C17H19NO3. The highest BCUT2D eigenvalue weighted by Gasteiger charge is 2.80. The number of nitrogens with one attached hydrogen (secondary N) is 1. The number of hydrogen-bond acceptors (Lipinski definition) is 4. The molecule has 0 amide bonds. The Balaban J connectivity index is 1.48. The molecule has 4 nitrogen and oxygen atoms in total. The molecule has 1 aromatic carbocycles. The van der Waals surface area contributed by atoms with Crippen LogP contribution in [0, 0.1) is 23.7 Å². The zero-order valence-corrected chi connectivity index (χ0v) is 12.0. The molecule has 4 heteroatoms. The second-order valence-electron chi connectivity index (χ2n) is 7.45. The quantitative estimate of drug-likeness (QED) is 0.900. The standard InChI is InChI=1S/C17H19NO3/c1-16-12-10-7-11-13(12)17(21-16,8-9-5-3-2-4-6-9)20-15(11)18-14(10)19-16/h2-6,10-15,18H,7-8H2,1H3. The first kappa shape index (κ1) is 11.6. The Morgan fingerprint density at radius 2 is 1.86 bits per heavy atom. The maximum Gasteiger partial charge on any atom is 0.181 e. The first-order chi connectivity index (χ1) is 10.2. The normalized spacial score (nSPS) is 58.3. The zero-order chi connectivity index (χ0) is 13.8. The third-order valence-corrected chi connectivity index (χ3v) is 6.43. The molecule has 1 aliphatic carbocycles. The number of ether oxygens (including phenoxy) is 3. The Labute approximate surface area is 123 Å². The molecule has 4 heterocycles. The number of hydrogen-bond donors (Lipinski definition) is 1. The van der Waals surface area contributed by atoms with Gasteiger partial charge in [-0.2, -0.15) is 0 Å². The summed E-state index contributed by atoms with van der Waals surface area (Å²) in [4.78, 5) is 0. The van der Waals surface area contributed by atoms with Crippen LogP contribution in [0.15, 0.2) is 30.3 Å². The molecule has 1 N–H and O–H groups in total. The molecule has 4 saturated heterocycles. The average molecular weight is 285 g/mol. The molecule has 0 aromatic heterocycles. The van der Waals surface area contributed by atoms with Crippen molar-refractivity contribution in [3.8, 4) is 0 Å². The van der Waals surface area contributed by atoms with Gasteiger partial charge in [-0.25, -0.2) is 0 Å². The van der Waals surface area contributed by atoms with Crippen LogP contribution in [0.4, 0.5) is 0 Å². The fourth-order valence-electron chi connectivity index (χ4n) is 5.96. The molecule has 6 rings (SSSR count). The lowest BCUT2D eigenvalue weighted by Crippen LogP contribution is -2.53. The minimum atomic E-state index is -0.497. The van der Waals surface area contributed by atoms with E-state index in [-0.39, 0.29) is 12.5 Å². The zero-order valence-electron chi connectivity index (χ0n) is 12.0. The van der Waals surface area contributed by atoms with E-state index in [1.165, 1.54) is 12.0 Å². The highest BCUT2D eigenvalue weighted by molar-refractivity contribution is 5.24. The molecule has 1 saturated carbocycles. The Kier molecular flexibility index (Phi) is 1.85. The maximum atomic E-state index is 6.51. The first-order valence-corrected chi connectivity index (χ1v) is 8.04. The van der Waals surface area contributed by atoms with Gasteiger partial charge in [0.05, 0.1) is 0 Å². The highest BCUT2D eigenvalue weighted by atomic mass is 16.8. The van der Waals surface area contributed by atoms with Gasteiger partial charge in [-0.1, -0.05) is 30.3 Å². The maximum absolute atomic E-state index is 6.51. The Bertz CT molecular complexity index is 622. The van der Waals surface area contributed by atoms with Gasteiger partial charge in [0.15, 0.2) is 11.6 Å². The van der Waals surface area contributed by atoms with Gasteiger partial charge in [0.2, 0.25) is 0 Å². The number of benzene rings is 1. The second kappa shape index (κ2) is 3.35. The van der Waals surface area contributed by atoms with Gasteiger partial charge in [0.1, 0.15) is 12.5 Å². The van der Waals surface area contributed by atoms with Gasteiger partial charge in [-0.15, -0.1) is 0 Å². The van der Waals surface area contributed by atoms with E-state index in [0.717, 1.165) is 6.42 Å². The van der Waals surface area contributed by atoms with E-state index < -0.39 is 11.6 Å². The second-order valence-corrected chi connectivity index (χ2v) is 7.45. The molecule has 4 aliphatic heterocycles. The largest absolute Gasteiger partial charge is 0.331 e. The van der Waals surface area contributed by atoms with E-state index in [9.17, 15) is 0 Å².